The molecule has 0 spiro atoms. The van der Waals surface area contributed by atoms with Gasteiger partial charge in [0.1, 0.15) is 18.1 Å². The van der Waals surface area contributed by atoms with Crippen molar-refractivity contribution in [3.8, 4) is 0 Å². The van der Waals surface area contributed by atoms with Crippen molar-refractivity contribution in [1.82, 2.24) is 25.9 Å². The maximum Gasteiger partial charge on any atom is 0.326 e. The molecule has 0 saturated carbocycles. The maximum absolute atomic E-state index is 12.9. The number of aromatic amines is 1. The number of rotatable bonds is 18. The molecule has 0 radical (unpaired) electrons. The second-order valence-electron chi connectivity index (χ2n) is 8.07. The first-order valence-electron chi connectivity index (χ1n) is 11.4. The zero-order chi connectivity index (χ0) is 27.1. The number of H-pyrrole nitrogens is 1. The molecule has 36 heavy (non-hydrogen) atoms. The van der Waals surface area contributed by atoms with Crippen LogP contribution in [0.1, 0.15) is 37.8 Å². The average Bonchev–Trinajstić information content (AvgIpc) is 3.33. The van der Waals surface area contributed by atoms with Gasteiger partial charge in [-0.25, -0.2) is 9.78 Å². The van der Waals surface area contributed by atoms with Gasteiger partial charge in [-0.3, -0.25) is 19.2 Å². The summed E-state index contributed by atoms with van der Waals surface area (Å²) in [6, 6.07) is -4.92. The fourth-order valence-electron chi connectivity index (χ4n) is 3.16. The van der Waals surface area contributed by atoms with Crippen molar-refractivity contribution in [3.63, 3.8) is 0 Å². The van der Waals surface area contributed by atoms with E-state index in [1.165, 1.54) is 24.3 Å². The third kappa shape index (κ3) is 11.5. The molecule has 0 aliphatic rings. The van der Waals surface area contributed by atoms with Gasteiger partial charge in [0.05, 0.1) is 18.8 Å². The Morgan fingerprint density at radius 1 is 1.00 bits per heavy atom. The molecule has 1 aromatic rings. The van der Waals surface area contributed by atoms with Crippen LogP contribution >= 0.6 is 11.8 Å². The van der Waals surface area contributed by atoms with E-state index in [1.807, 2.05) is 6.26 Å². The number of thioether (sulfide) groups is 1. The van der Waals surface area contributed by atoms with E-state index in [-0.39, 0.29) is 12.8 Å². The van der Waals surface area contributed by atoms with Crippen LogP contribution in [0.2, 0.25) is 0 Å². The lowest BCUT2D eigenvalue weighted by Crippen LogP contribution is -2.57. The van der Waals surface area contributed by atoms with Crippen molar-refractivity contribution in [2.45, 2.75) is 62.7 Å². The van der Waals surface area contributed by atoms with Crippen molar-refractivity contribution in [2.24, 2.45) is 11.5 Å². The van der Waals surface area contributed by atoms with Crippen molar-refractivity contribution < 1.29 is 34.2 Å². The summed E-state index contributed by atoms with van der Waals surface area (Å²) in [4.78, 5) is 67.8. The molecule has 3 amide bonds. The zero-order valence-electron chi connectivity index (χ0n) is 20.1. The normalized spacial score (nSPS) is 14.2. The zero-order valence-corrected chi connectivity index (χ0v) is 20.9. The van der Waals surface area contributed by atoms with Gasteiger partial charge in [0, 0.05) is 18.3 Å². The summed E-state index contributed by atoms with van der Waals surface area (Å²) in [6.45, 7) is 0.339. The molecule has 0 aliphatic carbocycles. The smallest absolute Gasteiger partial charge is 0.326 e. The largest absolute Gasteiger partial charge is 0.481 e. The molecule has 4 unspecified atom stereocenters. The minimum absolute atomic E-state index is 0.0732. The highest BCUT2D eigenvalue weighted by Crippen LogP contribution is 2.06. The molecular formula is C21H35N7O7S. The summed E-state index contributed by atoms with van der Waals surface area (Å²) in [6.07, 6.45) is 5.24. The molecule has 1 aromatic heterocycles. The van der Waals surface area contributed by atoms with Gasteiger partial charge in [0.25, 0.3) is 0 Å². The summed E-state index contributed by atoms with van der Waals surface area (Å²) in [7, 11) is 0. The van der Waals surface area contributed by atoms with Gasteiger partial charge in [-0.15, -0.1) is 0 Å². The highest BCUT2D eigenvalue weighted by Gasteiger charge is 2.31. The van der Waals surface area contributed by atoms with Crippen LogP contribution in [-0.2, 0) is 30.4 Å². The lowest BCUT2D eigenvalue weighted by atomic mass is 10.1. The lowest BCUT2D eigenvalue weighted by molar-refractivity contribution is -0.143. The number of aromatic nitrogens is 2. The fourth-order valence-corrected chi connectivity index (χ4v) is 3.65. The van der Waals surface area contributed by atoms with Crippen LogP contribution in [0.4, 0.5) is 0 Å². The number of imidazole rings is 1. The Morgan fingerprint density at radius 2 is 1.64 bits per heavy atom. The highest BCUT2D eigenvalue weighted by molar-refractivity contribution is 7.98. The number of nitrogens with zero attached hydrogens (tertiary/aromatic N) is 1. The number of nitrogens with two attached hydrogens (primary N) is 2. The van der Waals surface area contributed by atoms with E-state index < -0.39 is 60.2 Å². The first kappa shape index (κ1) is 30.9. The molecule has 0 saturated heterocycles. The predicted octanol–water partition coefficient (Wildman–Crippen LogP) is -1.82. The molecule has 15 heteroatoms. The predicted molar refractivity (Wildman–Crippen MR) is 132 cm³/mol. The molecule has 4 atom stereocenters. The van der Waals surface area contributed by atoms with Crippen LogP contribution in [0.3, 0.4) is 0 Å². The fraction of sp³-hybridized carbons (Fsp3) is 0.619. The Labute approximate surface area is 212 Å². The Balaban J connectivity index is 2.96. The number of carboxylic acid groups (broad SMARTS) is 2. The lowest BCUT2D eigenvalue weighted by Gasteiger charge is -2.24. The standard InChI is InChI=1S/C21H35N7O7S/c1-36-7-5-13(23)18(31)27-15(9-17(29)30)20(33)26-14(4-2-3-6-22)19(32)28-16(21(34)35)8-12-10-24-11-25-12/h10-11,13-16H,2-9,22-23H2,1H3,(H,24,25)(H,26,33)(H,27,31)(H,28,32)(H,29,30)(H,34,35). The van der Waals surface area contributed by atoms with E-state index in [9.17, 15) is 34.2 Å². The number of hydrogen-bond donors (Lipinski definition) is 8. The number of nitrogens with one attached hydrogen (secondary N) is 4. The summed E-state index contributed by atoms with van der Waals surface area (Å²) in [5.41, 5.74) is 11.8. The van der Waals surface area contributed by atoms with Gasteiger partial charge in [0.15, 0.2) is 0 Å². The quantitative estimate of drug-likeness (QED) is 0.0983. The molecule has 0 aromatic carbocycles. The van der Waals surface area contributed by atoms with Crippen LogP contribution in [0.5, 0.6) is 0 Å². The van der Waals surface area contributed by atoms with Crippen molar-refractivity contribution >= 4 is 41.4 Å². The number of amides is 3. The van der Waals surface area contributed by atoms with Crippen LogP contribution in [0, 0.1) is 0 Å². The van der Waals surface area contributed by atoms with E-state index in [1.54, 1.807) is 0 Å². The number of carbonyl (C=O) groups is 5. The van der Waals surface area contributed by atoms with Crippen LogP contribution in [-0.4, -0.2) is 92.6 Å². The number of carboxylic acids is 2. The Hall–Kier alpha value is -3.17. The molecule has 10 N–H and O–H groups in total. The second-order valence-corrected chi connectivity index (χ2v) is 9.06. The first-order chi connectivity index (χ1) is 17.1. The Kier molecular flexibility index (Phi) is 14.1. The van der Waals surface area contributed by atoms with Crippen LogP contribution in [0.25, 0.3) is 0 Å². The molecule has 0 bridgehead atoms. The van der Waals surface area contributed by atoms with Gasteiger partial charge < -0.3 is 42.6 Å². The highest BCUT2D eigenvalue weighted by atomic mass is 32.2. The van der Waals surface area contributed by atoms with Crippen molar-refractivity contribution in [1.29, 1.82) is 0 Å². The summed E-state index contributed by atoms with van der Waals surface area (Å²) >= 11 is 1.48. The van der Waals surface area contributed by atoms with Crippen molar-refractivity contribution in [3.05, 3.63) is 18.2 Å². The topological polar surface area (TPSA) is 243 Å². The molecular weight excluding hydrogens is 494 g/mol. The van der Waals surface area contributed by atoms with E-state index in [4.69, 9.17) is 11.5 Å². The van der Waals surface area contributed by atoms with Crippen LogP contribution in [0.15, 0.2) is 12.5 Å². The number of hydrogen-bond acceptors (Lipinski definition) is 9. The molecule has 1 heterocycles. The third-order valence-electron chi connectivity index (χ3n) is 5.15. The average molecular weight is 530 g/mol. The molecule has 0 fully saturated rings. The Bertz CT molecular complexity index is 869. The Morgan fingerprint density at radius 3 is 2.19 bits per heavy atom. The number of carbonyl (C=O) groups excluding carboxylic acids is 3. The second kappa shape index (κ2) is 16.5. The number of aliphatic carboxylic acids is 2. The van der Waals surface area contributed by atoms with E-state index in [0.717, 1.165) is 0 Å². The monoisotopic (exact) mass is 529 g/mol. The van der Waals surface area contributed by atoms with E-state index in [2.05, 4.69) is 25.9 Å². The maximum atomic E-state index is 12.9. The van der Waals surface area contributed by atoms with Gasteiger partial charge >= 0.3 is 11.9 Å². The first-order valence-corrected chi connectivity index (χ1v) is 12.8. The summed E-state index contributed by atoms with van der Waals surface area (Å²) < 4.78 is 0. The van der Waals surface area contributed by atoms with E-state index >= 15 is 0 Å². The molecule has 0 aliphatic heterocycles. The molecule has 202 valence electrons. The summed E-state index contributed by atoms with van der Waals surface area (Å²) in [5, 5.41) is 25.9. The van der Waals surface area contributed by atoms with Gasteiger partial charge in [-0.1, -0.05) is 0 Å². The third-order valence-corrected chi connectivity index (χ3v) is 5.80. The summed E-state index contributed by atoms with van der Waals surface area (Å²) in [5.74, 6) is -4.42. The van der Waals surface area contributed by atoms with E-state index in [0.29, 0.717) is 37.3 Å². The van der Waals surface area contributed by atoms with Crippen molar-refractivity contribution in [2.75, 3.05) is 18.6 Å². The minimum atomic E-state index is -1.49. The van der Waals surface area contributed by atoms with Crippen LogP contribution < -0.4 is 27.4 Å². The molecule has 14 nitrogen and oxygen atoms in total. The van der Waals surface area contributed by atoms with Gasteiger partial charge in [-0.2, -0.15) is 11.8 Å². The SMILES string of the molecule is CSCCC(N)C(=O)NC(CC(=O)O)C(=O)NC(CCCCN)C(=O)NC(Cc1cnc[nH]1)C(=O)O. The van der Waals surface area contributed by atoms with Gasteiger partial charge in [-0.05, 0) is 44.2 Å². The number of unbranched alkanes of at least 4 members (excludes halogenated alkanes) is 1. The molecule has 1 rings (SSSR count). The van der Waals surface area contributed by atoms with Gasteiger partial charge in [0.2, 0.25) is 17.7 Å². The minimum Gasteiger partial charge on any atom is -0.481 e.